The van der Waals surface area contributed by atoms with Gasteiger partial charge >= 0.3 is 0 Å². The molecule has 3 aliphatic carbocycles. The number of nitrogens with one attached hydrogen (secondary N) is 3. The largest absolute Gasteiger partial charge is 0.356 e. The summed E-state index contributed by atoms with van der Waals surface area (Å²) in [6, 6.07) is 0.728. The summed E-state index contributed by atoms with van der Waals surface area (Å²) < 4.78 is 0. The molecule has 0 amide bonds. The first-order valence-corrected chi connectivity index (χ1v) is 10.7. The maximum atomic E-state index is 6.95. The molecule has 5 heteroatoms. The minimum absolute atomic E-state index is 0.728. The van der Waals surface area contributed by atoms with Crippen LogP contribution in [0, 0.1) is 11.3 Å². The van der Waals surface area contributed by atoms with Gasteiger partial charge in [0, 0.05) is 41.9 Å². The van der Waals surface area contributed by atoms with E-state index in [0.717, 1.165) is 47.6 Å². The molecule has 1 fully saturated rings. The van der Waals surface area contributed by atoms with Crippen LogP contribution in [0.2, 0.25) is 0 Å². The molecule has 0 saturated heterocycles. The van der Waals surface area contributed by atoms with Crippen LogP contribution in [-0.2, 0) is 0 Å². The van der Waals surface area contributed by atoms with Crippen LogP contribution in [0.5, 0.6) is 0 Å². The predicted molar refractivity (Wildman–Crippen MR) is 123 cm³/mol. The molecule has 2 unspecified atom stereocenters. The van der Waals surface area contributed by atoms with Gasteiger partial charge in [-0.15, -0.1) is 11.8 Å². The second-order valence-corrected chi connectivity index (χ2v) is 8.11. The van der Waals surface area contributed by atoms with Crippen LogP contribution in [0.4, 0.5) is 0 Å². The lowest BCUT2D eigenvalue weighted by molar-refractivity contribution is 0.732. The molecule has 0 aromatic heterocycles. The molecule has 0 radical (unpaired) electrons. The summed E-state index contributed by atoms with van der Waals surface area (Å²) in [4.78, 5) is 5.56. The van der Waals surface area contributed by atoms with Crippen molar-refractivity contribution in [1.29, 1.82) is 5.41 Å². The molecule has 0 bridgehead atoms. The van der Waals surface area contributed by atoms with Crippen molar-refractivity contribution in [2.45, 2.75) is 32.2 Å². The summed E-state index contributed by atoms with van der Waals surface area (Å²) in [5.74, 6) is 1.84. The van der Waals surface area contributed by atoms with Gasteiger partial charge in [-0.1, -0.05) is 43.4 Å². The average Bonchev–Trinajstić information content (AvgIpc) is 3.47. The first-order chi connectivity index (χ1) is 13.7. The number of rotatable bonds is 9. The fraction of sp³-hybridized carbons (Fsp3) is 0.304. The van der Waals surface area contributed by atoms with Gasteiger partial charge in [-0.2, -0.15) is 0 Å². The molecule has 146 valence electrons. The van der Waals surface area contributed by atoms with Gasteiger partial charge in [-0.3, -0.25) is 4.99 Å². The van der Waals surface area contributed by atoms with Crippen molar-refractivity contribution >= 4 is 24.2 Å². The Bertz CT molecular complexity index is 808. The summed E-state index contributed by atoms with van der Waals surface area (Å²) in [6.45, 7) is 2.30. The topological polar surface area (TPSA) is 60.3 Å². The molecular weight excluding hydrogens is 364 g/mol. The van der Waals surface area contributed by atoms with Crippen molar-refractivity contribution in [3.05, 3.63) is 82.8 Å². The van der Waals surface area contributed by atoms with Crippen molar-refractivity contribution in [2.24, 2.45) is 10.9 Å². The number of allylic oxidation sites excluding steroid dienone is 11. The normalized spacial score (nSPS) is 24.3. The summed E-state index contributed by atoms with van der Waals surface area (Å²) >= 11 is 1.90. The van der Waals surface area contributed by atoms with Crippen LogP contribution >= 0.6 is 11.8 Å². The zero-order valence-corrected chi connectivity index (χ0v) is 17.1. The second kappa shape index (κ2) is 10.8. The Morgan fingerprint density at radius 2 is 2.07 bits per heavy atom. The van der Waals surface area contributed by atoms with Crippen LogP contribution < -0.4 is 10.6 Å². The van der Waals surface area contributed by atoms with Gasteiger partial charge in [0.1, 0.15) is 0 Å². The van der Waals surface area contributed by atoms with E-state index >= 15 is 0 Å². The number of thioether (sulfide) groups is 1. The SMILES string of the molecule is CC1CC1NCSC1=CC=CC(NC2=CCC=C(C=N/C=C\C=N)C=C2)=CC1. The Labute approximate surface area is 172 Å². The van der Waals surface area contributed by atoms with Gasteiger partial charge in [0.2, 0.25) is 0 Å². The van der Waals surface area contributed by atoms with E-state index in [-0.39, 0.29) is 0 Å². The van der Waals surface area contributed by atoms with Gasteiger partial charge in [-0.05, 0) is 53.9 Å². The Morgan fingerprint density at radius 3 is 2.89 bits per heavy atom. The Kier molecular flexibility index (Phi) is 7.88. The molecule has 0 heterocycles. The van der Waals surface area contributed by atoms with Gasteiger partial charge in [0.15, 0.2) is 0 Å². The molecule has 3 aliphatic rings. The van der Waals surface area contributed by atoms with E-state index in [9.17, 15) is 0 Å². The van der Waals surface area contributed by atoms with E-state index < -0.39 is 0 Å². The third kappa shape index (κ3) is 6.98. The summed E-state index contributed by atoms with van der Waals surface area (Å²) in [5.41, 5.74) is 3.27. The molecule has 0 aromatic rings. The zero-order valence-electron chi connectivity index (χ0n) is 16.3. The maximum Gasteiger partial charge on any atom is 0.0464 e. The fourth-order valence-electron chi connectivity index (χ4n) is 2.87. The highest BCUT2D eigenvalue weighted by atomic mass is 32.2. The highest BCUT2D eigenvalue weighted by Crippen LogP contribution is 2.30. The summed E-state index contributed by atoms with van der Waals surface area (Å²) in [5, 5.41) is 14.1. The average molecular weight is 393 g/mol. The number of hydrogen-bond acceptors (Lipinski definition) is 5. The number of hydrogen-bond donors (Lipinski definition) is 3. The van der Waals surface area contributed by atoms with Crippen molar-refractivity contribution in [1.82, 2.24) is 10.6 Å². The lowest BCUT2D eigenvalue weighted by atomic mass is 10.2. The van der Waals surface area contributed by atoms with E-state index in [1.54, 1.807) is 12.3 Å². The van der Waals surface area contributed by atoms with Crippen LogP contribution in [0.25, 0.3) is 0 Å². The van der Waals surface area contributed by atoms with E-state index in [0.29, 0.717) is 0 Å². The van der Waals surface area contributed by atoms with E-state index in [1.807, 2.05) is 18.0 Å². The highest BCUT2D eigenvalue weighted by Gasteiger charge is 2.31. The van der Waals surface area contributed by atoms with Gasteiger partial charge in [0.25, 0.3) is 0 Å². The van der Waals surface area contributed by atoms with Crippen LogP contribution in [0.15, 0.2) is 87.7 Å². The van der Waals surface area contributed by atoms with Crippen LogP contribution in [0.1, 0.15) is 26.2 Å². The van der Waals surface area contributed by atoms with E-state index in [4.69, 9.17) is 5.41 Å². The molecule has 1 saturated carbocycles. The zero-order chi connectivity index (χ0) is 19.6. The molecule has 28 heavy (non-hydrogen) atoms. The van der Waals surface area contributed by atoms with Crippen molar-refractivity contribution in [2.75, 3.05) is 5.88 Å². The monoisotopic (exact) mass is 392 g/mol. The van der Waals surface area contributed by atoms with Crippen molar-refractivity contribution in [3.63, 3.8) is 0 Å². The number of aliphatic imine (C=N–C) groups is 1. The minimum atomic E-state index is 0.728. The Hall–Kier alpha value is -2.37. The predicted octanol–water partition coefficient (Wildman–Crippen LogP) is 5.00. The fourth-order valence-corrected chi connectivity index (χ4v) is 3.73. The van der Waals surface area contributed by atoms with Gasteiger partial charge in [0.05, 0.1) is 0 Å². The lowest BCUT2D eigenvalue weighted by Gasteiger charge is -2.08. The molecule has 0 aliphatic heterocycles. The van der Waals surface area contributed by atoms with Crippen LogP contribution in [0.3, 0.4) is 0 Å². The molecule has 0 aromatic carbocycles. The Morgan fingerprint density at radius 1 is 1.21 bits per heavy atom. The Balaban J connectivity index is 1.46. The lowest BCUT2D eigenvalue weighted by Crippen LogP contribution is -2.16. The van der Waals surface area contributed by atoms with Crippen molar-refractivity contribution < 1.29 is 0 Å². The first-order valence-electron chi connectivity index (χ1n) is 9.72. The summed E-state index contributed by atoms with van der Waals surface area (Å²) in [6.07, 6.45) is 26.5. The standard InChI is InChI=1S/C23H28N4S/c1-18-15-23(18)26-17-28-22-8-3-7-21(11-12-22)27-20-6-2-5-19(9-10-20)16-25-14-4-13-24/h3-11,13-14,16,18,23-24,26-27H,2,12,15,17H2,1H3/b14-4-,24-13?,25-16?. The minimum Gasteiger partial charge on any atom is -0.356 e. The molecular formula is C23H28N4S. The first kappa shape index (κ1) is 20.4. The molecule has 0 spiro atoms. The van der Waals surface area contributed by atoms with E-state index in [1.165, 1.54) is 17.5 Å². The quantitative estimate of drug-likeness (QED) is 0.382. The third-order valence-electron chi connectivity index (χ3n) is 4.72. The molecule has 2 atom stereocenters. The third-order valence-corrected chi connectivity index (χ3v) is 5.71. The summed E-state index contributed by atoms with van der Waals surface area (Å²) in [7, 11) is 0. The van der Waals surface area contributed by atoms with Gasteiger partial charge in [-0.25, -0.2) is 0 Å². The van der Waals surface area contributed by atoms with Crippen molar-refractivity contribution in [3.8, 4) is 0 Å². The van der Waals surface area contributed by atoms with E-state index in [2.05, 4.69) is 71.2 Å². The maximum absolute atomic E-state index is 6.95. The number of nitrogens with zero attached hydrogens (tertiary/aromatic N) is 1. The molecule has 4 nitrogen and oxygen atoms in total. The molecule has 3 rings (SSSR count). The molecule has 3 N–H and O–H groups in total. The second-order valence-electron chi connectivity index (χ2n) is 7.01. The smallest absolute Gasteiger partial charge is 0.0464 e. The highest BCUT2D eigenvalue weighted by molar-refractivity contribution is 8.03. The van der Waals surface area contributed by atoms with Crippen LogP contribution in [-0.4, -0.2) is 24.3 Å². The van der Waals surface area contributed by atoms with Gasteiger partial charge < -0.3 is 16.0 Å².